The highest BCUT2D eigenvalue weighted by Gasteiger charge is 2.20. The quantitative estimate of drug-likeness (QED) is 0.880. The summed E-state index contributed by atoms with van der Waals surface area (Å²) in [7, 11) is 1.84. The van der Waals surface area contributed by atoms with Crippen LogP contribution in [0.5, 0.6) is 0 Å². The van der Waals surface area contributed by atoms with E-state index in [2.05, 4.69) is 10.3 Å². The van der Waals surface area contributed by atoms with E-state index in [4.69, 9.17) is 21.8 Å². The number of aromatic nitrogens is 1. The summed E-state index contributed by atoms with van der Waals surface area (Å²) in [5.41, 5.74) is 7.75. The highest BCUT2D eigenvalue weighted by atomic mass is 35.5. The molecule has 90 valence electrons. The van der Waals surface area contributed by atoms with E-state index in [1.807, 2.05) is 20.0 Å². The van der Waals surface area contributed by atoms with Gasteiger partial charge in [-0.15, -0.1) is 0 Å². The number of nitrogens with one attached hydrogen (secondary N) is 1. The largest absolute Gasteiger partial charge is 0.467 e. The van der Waals surface area contributed by atoms with Crippen molar-refractivity contribution in [2.45, 2.75) is 13.0 Å². The van der Waals surface area contributed by atoms with E-state index >= 15 is 0 Å². The minimum atomic E-state index is -0.142. The lowest BCUT2D eigenvalue weighted by molar-refractivity contribution is 0.460. The third kappa shape index (κ3) is 2.28. The Morgan fingerprint density at radius 1 is 1.53 bits per heavy atom. The zero-order valence-electron chi connectivity index (χ0n) is 9.70. The fraction of sp³-hybridized carbons (Fsp3) is 0.250. The van der Waals surface area contributed by atoms with Crippen LogP contribution in [-0.4, -0.2) is 12.0 Å². The molecule has 0 spiro atoms. The maximum Gasteiger partial charge on any atom is 0.128 e. The maximum atomic E-state index is 5.94. The molecule has 5 heteroatoms. The van der Waals surface area contributed by atoms with Crippen molar-refractivity contribution in [3.63, 3.8) is 0 Å². The monoisotopic (exact) mass is 251 g/mol. The average molecular weight is 252 g/mol. The lowest BCUT2D eigenvalue weighted by Crippen LogP contribution is -2.19. The van der Waals surface area contributed by atoms with Gasteiger partial charge in [0.1, 0.15) is 11.6 Å². The Kier molecular flexibility index (Phi) is 3.36. The molecule has 0 aliphatic carbocycles. The minimum Gasteiger partial charge on any atom is -0.467 e. The van der Waals surface area contributed by atoms with Gasteiger partial charge in [-0.3, -0.25) is 0 Å². The van der Waals surface area contributed by atoms with Gasteiger partial charge in [0.2, 0.25) is 0 Å². The van der Waals surface area contributed by atoms with Crippen molar-refractivity contribution in [3.8, 4) is 0 Å². The molecule has 3 N–H and O–H groups in total. The molecule has 0 aliphatic heterocycles. The van der Waals surface area contributed by atoms with E-state index in [-0.39, 0.29) is 6.04 Å². The Bertz CT molecular complexity index is 524. The molecule has 1 atom stereocenters. The average Bonchev–Trinajstić information content (AvgIpc) is 2.71. The van der Waals surface area contributed by atoms with Crippen molar-refractivity contribution < 1.29 is 4.42 Å². The molecular formula is C12H14ClN3O. The summed E-state index contributed by atoms with van der Waals surface area (Å²) in [6, 6.07) is 3.57. The van der Waals surface area contributed by atoms with E-state index < -0.39 is 0 Å². The van der Waals surface area contributed by atoms with Crippen LogP contribution in [0.4, 0.5) is 5.82 Å². The lowest BCUT2D eigenvalue weighted by Gasteiger charge is -2.16. The number of hydrogen-bond donors (Lipinski definition) is 2. The summed E-state index contributed by atoms with van der Waals surface area (Å²) in [6.07, 6.45) is 3.19. The number of anilines is 1. The number of nitrogen functional groups attached to an aromatic ring is 1. The van der Waals surface area contributed by atoms with Crippen LogP contribution in [0.1, 0.15) is 22.9 Å². The van der Waals surface area contributed by atoms with Crippen molar-refractivity contribution in [2.24, 2.45) is 0 Å². The van der Waals surface area contributed by atoms with Gasteiger partial charge in [-0.1, -0.05) is 11.6 Å². The molecule has 0 aliphatic rings. The summed E-state index contributed by atoms with van der Waals surface area (Å²) < 4.78 is 5.48. The third-order valence-electron chi connectivity index (χ3n) is 2.68. The molecule has 1 unspecified atom stereocenters. The van der Waals surface area contributed by atoms with Crippen LogP contribution >= 0.6 is 11.6 Å². The zero-order valence-corrected chi connectivity index (χ0v) is 10.5. The van der Waals surface area contributed by atoms with E-state index in [1.165, 1.54) is 6.20 Å². The number of rotatable bonds is 3. The fourth-order valence-corrected chi connectivity index (χ4v) is 1.97. The zero-order chi connectivity index (χ0) is 12.4. The smallest absolute Gasteiger partial charge is 0.128 e. The first-order chi connectivity index (χ1) is 8.13. The van der Waals surface area contributed by atoms with Crippen molar-refractivity contribution in [3.05, 3.63) is 46.5 Å². The molecule has 0 bridgehead atoms. The van der Waals surface area contributed by atoms with Gasteiger partial charge in [0, 0.05) is 11.8 Å². The van der Waals surface area contributed by atoms with Crippen LogP contribution in [0, 0.1) is 6.92 Å². The van der Waals surface area contributed by atoms with Crippen LogP contribution < -0.4 is 11.1 Å². The number of furan rings is 1. The number of nitrogens with two attached hydrogens (primary N) is 1. The second kappa shape index (κ2) is 4.77. The predicted octanol–water partition coefficient (Wildman–Crippen LogP) is 2.53. The van der Waals surface area contributed by atoms with Crippen molar-refractivity contribution >= 4 is 17.4 Å². The molecule has 0 aromatic carbocycles. The first-order valence-corrected chi connectivity index (χ1v) is 5.63. The first-order valence-electron chi connectivity index (χ1n) is 5.25. The Morgan fingerprint density at radius 3 is 2.88 bits per heavy atom. The molecule has 0 radical (unpaired) electrons. The van der Waals surface area contributed by atoms with E-state index in [0.717, 1.165) is 16.9 Å². The Hall–Kier alpha value is -1.52. The normalized spacial score (nSPS) is 12.6. The fourth-order valence-electron chi connectivity index (χ4n) is 1.80. The molecule has 4 nitrogen and oxygen atoms in total. The number of aryl methyl sites for hydroxylation is 1. The second-order valence-electron chi connectivity index (χ2n) is 3.82. The van der Waals surface area contributed by atoms with Gasteiger partial charge >= 0.3 is 0 Å². The van der Waals surface area contributed by atoms with Crippen LogP contribution in [0.25, 0.3) is 0 Å². The third-order valence-corrected chi connectivity index (χ3v) is 2.89. The molecule has 2 heterocycles. The van der Waals surface area contributed by atoms with E-state index in [0.29, 0.717) is 10.8 Å². The number of halogens is 1. The van der Waals surface area contributed by atoms with Crippen LogP contribution in [0.3, 0.4) is 0 Å². The molecule has 0 saturated carbocycles. The minimum absolute atomic E-state index is 0.142. The molecule has 2 aromatic rings. The van der Waals surface area contributed by atoms with E-state index in [1.54, 1.807) is 12.3 Å². The second-order valence-corrected chi connectivity index (χ2v) is 4.25. The van der Waals surface area contributed by atoms with Crippen molar-refractivity contribution in [2.75, 3.05) is 12.8 Å². The van der Waals surface area contributed by atoms with E-state index in [9.17, 15) is 0 Å². The molecule has 2 rings (SSSR count). The van der Waals surface area contributed by atoms with Gasteiger partial charge in [0.25, 0.3) is 0 Å². The molecule has 0 saturated heterocycles. The number of hydrogen-bond acceptors (Lipinski definition) is 4. The molecular weight excluding hydrogens is 238 g/mol. The molecule has 17 heavy (non-hydrogen) atoms. The van der Waals surface area contributed by atoms with Gasteiger partial charge in [0.15, 0.2) is 0 Å². The van der Waals surface area contributed by atoms with Gasteiger partial charge in [0.05, 0.1) is 17.3 Å². The summed E-state index contributed by atoms with van der Waals surface area (Å²) in [6.45, 7) is 1.98. The van der Waals surface area contributed by atoms with Crippen LogP contribution in [-0.2, 0) is 0 Å². The van der Waals surface area contributed by atoms with Crippen molar-refractivity contribution in [1.82, 2.24) is 10.3 Å². The Morgan fingerprint density at radius 2 is 2.29 bits per heavy atom. The standard InChI is InChI=1S/C12H14ClN3O/c1-7-3-4-17-11(7)10(15-2)9-5-8(13)6-16-12(9)14/h3-6,10,15H,1-2H3,(H2,14,16). The molecule has 0 amide bonds. The lowest BCUT2D eigenvalue weighted by atomic mass is 10.0. The van der Waals surface area contributed by atoms with Gasteiger partial charge in [-0.05, 0) is 31.7 Å². The Balaban J connectivity index is 2.49. The van der Waals surface area contributed by atoms with Gasteiger partial charge in [-0.2, -0.15) is 0 Å². The summed E-state index contributed by atoms with van der Waals surface area (Å²) >= 11 is 5.94. The maximum absolute atomic E-state index is 5.94. The first kappa shape index (κ1) is 12.0. The molecule has 0 fully saturated rings. The van der Waals surface area contributed by atoms with Gasteiger partial charge in [-0.25, -0.2) is 4.98 Å². The van der Waals surface area contributed by atoms with Crippen molar-refractivity contribution in [1.29, 1.82) is 0 Å². The number of nitrogens with zero attached hydrogens (tertiary/aromatic N) is 1. The topological polar surface area (TPSA) is 64.1 Å². The number of pyridine rings is 1. The molecule has 2 aromatic heterocycles. The predicted molar refractivity (Wildman–Crippen MR) is 68.0 cm³/mol. The summed E-state index contributed by atoms with van der Waals surface area (Å²) in [5.74, 6) is 1.27. The van der Waals surface area contributed by atoms with Crippen LogP contribution in [0.2, 0.25) is 5.02 Å². The SMILES string of the molecule is CNC(c1cc(Cl)cnc1N)c1occc1C. The Labute approximate surface area is 105 Å². The highest BCUT2D eigenvalue weighted by Crippen LogP contribution is 2.29. The summed E-state index contributed by atoms with van der Waals surface area (Å²) in [4.78, 5) is 4.05. The summed E-state index contributed by atoms with van der Waals surface area (Å²) in [5, 5.41) is 3.71. The highest BCUT2D eigenvalue weighted by molar-refractivity contribution is 6.30. The van der Waals surface area contributed by atoms with Crippen LogP contribution in [0.15, 0.2) is 29.0 Å². The van der Waals surface area contributed by atoms with Gasteiger partial charge < -0.3 is 15.5 Å².